The molecular formula is C27H28N2O5S. The second-order valence-corrected chi connectivity index (χ2v) is 9.05. The number of ether oxygens (including phenoxy) is 3. The minimum absolute atomic E-state index is 0.112. The minimum atomic E-state index is -0.667. The number of hydrogen-bond acceptors (Lipinski definition) is 7. The summed E-state index contributed by atoms with van der Waals surface area (Å²) in [5, 5.41) is 0. The topological polar surface area (TPSA) is 79.1 Å². The van der Waals surface area contributed by atoms with Crippen LogP contribution in [0.25, 0.3) is 6.08 Å². The van der Waals surface area contributed by atoms with Crippen LogP contribution in [-0.2, 0) is 14.3 Å². The maximum Gasteiger partial charge on any atom is 0.338 e. The molecule has 0 amide bonds. The quantitative estimate of drug-likeness (QED) is 0.339. The number of fused-ring (bicyclic) bond motifs is 1. The highest BCUT2D eigenvalue weighted by molar-refractivity contribution is 7.07. The third-order valence-electron chi connectivity index (χ3n) is 5.53. The third kappa shape index (κ3) is 5.44. The van der Waals surface area contributed by atoms with Crippen LogP contribution in [0, 0.1) is 0 Å². The molecular weight excluding hydrogens is 464 g/mol. The molecule has 0 fully saturated rings. The number of carbonyl (C=O) groups is 1. The van der Waals surface area contributed by atoms with E-state index in [4.69, 9.17) is 14.2 Å². The molecule has 182 valence electrons. The molecule has 0 radical (unpaired) electrons. The fraction of sp³-hybridized carbons (Fsp3) is 0.296. The first-order chi connectivity index (χ1) is 17.0. The van der Waals surface area contributed by atoms with Gasteiger partial charge in [0.05, 0.1) is 35.1 Å². The Hall–Kier alpha value is -3.49. The molecule has 1 aliphatic heterocycles. The lowest BCUT2D eigenvalue weighted by Crippen LogP contribution is -2.40. The maximum absolute atomic E-state index is 13.6. The molecule has 0 aliphatic carbocycles. The van der Waals surface area contributed by atoms with E-state index in [1.807, 2.05) is 67.6 Å². The van der Waals surface area contributed by atoms with Crippen molar-refractivity contribution >= 4 is 23.4 Å². The predicted molar refractivity (Wildman–Crippen MR) is 135 cm³/mol. The highest BCUT2D eigenvalue weighted by atomic mass is 32.1. The molecule has 1 atom stereocenters. The average molecular weight is 493 g/mol. The van der Waals surface area contributed by atoms with Gasteiger partial charge < -0.3 is 14.2 Å². The largest absolute Gasteiger partial charge is 0.494 e. The van der Waals surface area contributed by atoms with Gasteiger partial charge in [-0.2, -0.15) is 0 Å². The molecule has 8 heteroatoms. The van der Waals surface area contributed by atoms with Gasteiger partial charge in [-0.3, -0.25) is 9.36 Å². The molecule has 0 saturated heterocycles. The molecule has 0 N–H and O–H groups in total. The van der Waals surface area contributed by atoms with Crippen molar-refractivity contribution in [3.63, 3.8) is 0 Å². The Bertz CT molecular complexity index is 1390. The van der Waals surface area contributed by atoms with Gasteiger partial charge >= 0.3 is 5.97 Å². The summed E-state index contributed by atoms with van der Waals surface area (Å²) < 4.78 is 18.3. The summed E-state index contributed by atoms with van der Waals surface area (Å²) >= 11 is 1.31. The van der Waals surface area contributed by atoms with E-state index < -0.39 is 12.0 Å². The molecule has 0 saturated carbocycles. The van der Waals surface area contributed by atoms with E-state index in [1.54, 1.807) is 18.6 Å². The van der Waals surface area contributed by atoms with Gasteiger partial charge in [0, 0.05) is 7.11 Å². The number of esters is 1. The number of benzene rings is 2. The molecule has 2 aromatic carbocycles. The number of thiazole rings is 1. The molecule has 4 rings (SSSR count). The molecule has 3 aromatic rings. The van der Waals surface area contributed by atoms with Crippen LogP contribution in [-0.4, -0.2) is 37.5 Å². The standard InChI is InChI=1S/C27H28N2O5S/c1-4-14-33-21-12-10-20(11-13-21)24-23(26(31)34-16-15-32-3)18(2)28-27-29(24)25(30)22(35-27)17-19-8-6-5-7-9-19/h5-13,17,24H,4,14-16H2,1-3H3. The fourth-order valence-corrected chi connectivity index (χ4v) is 4.91. The van der Waals surface area contributed by atoms with Crippen LogP contribution >= 0.6 is 11.3 Å². The fourth-order valence-electron chi connectivity index (χ4n) is 3.86. The zero-order valence-electron chi connectivity index (χ0n) is 20.0. The number of rotatable bonds is 9. The Morgan fingerprint density at radius 2 is 1.83 bits per heavy atom. The van der Waals surface area contributed by atoms with Gasteiger partial charge in [0.1, 0.15) is 12.4 Å². The Labute approximate surface area is 207 Å². The summed E-state index contributed by atoms with van der Waals surface area (Å²) in [7, 11) is 1.54. The zero-order valence-corrected chi connectivity index (χ0v) is 20.8. The van der Waals surface area contributed by atoms with E-state index in [0.29, 0.717) is 27.2 Å². The lowest BCUT2D eigenvalue weighted by Gasteiger charge is -2.25. The van der Waals surface area contributed by atoms with Crippen molar-refractivity contribution in [1.82, 2.24) is 4.57 Å². The van der Waals surface area contributed by atoms with Gasteiger partial charge in [0.2, 0.25) is 0 Å². The SMILES string of the molecule is CCCOc1ccc(C2C(C(=O)OCCOC)=C(C)N=c3sc(=Cc4ccccc4)c(=O)n32)cc1. The summed E-state index contributed by atoms with van der Waals surface area (Å²) in [6, 6.07) is 16.5. The van der Waals surface area contributed by atoms with Gasteiger partial charge in [-0.15, -0.1) is 0 Å². The summed E-state index contributed by atoms with van der Waals surface area (Å²) in [5.74, 6) is 0.217. The Kier molecular flexibility index (Phi) is 7.94. The van der Waals surface area contributed by atoms with E-state index in [0.717, 1.165) is 23.3 Å². The maximum atomic E-state index is 13.6. The van der Waals surface area contributed by atoms with Crippen LogP contribution < -0.4 is 19.6 Å². The predicted octanol–water partition coefficient (Wildman–Crippen LogP) is 3.21. The first-order valence-electron chi connectivity index (χ1n) is 11.5. The second kappa shape index (κ2) is 11.3. The average Bonchev–Trinajstić information content (AvgIpc) is 3.17. The molecule has 35 heavy (non-hydrogen) atoms. The minimum Gasteiger partial charge on any atom is -0.494 e. The second-order valence-electron chi connectivity index (χ2n) is 8.04. The van der Waals surface area contributed by atoms with Crippen LogP contribution in [0.3, 0.4) is 0 Å². The van der Waals surface area contributed by atoms with Crippen LogP contribution in [0.15, 0.2) is 75.7 Å². The molecule has 1 aromatic heterocycles. The Balaban J connectivity index is 1.83. The summed E-state index contributed by atoms with van der Waals surface area (Å²) in [6.07, 6.45) is 2.75. The molecule has 1 aliphatic rings. The van der Waals surface area contributed by atoms with E-state index in [9.17, 15) is 9.59 Å². The van der Waals surface area contributed by atoms with Gasteiger partial charge in [-0.1, -0.05) is 60.7 Å². The van der Waals surface area contributed by atoms with Crippen LogP contribution in [0.4, 0.5) is 0 Å². The smallest absolute Gasteiger partial charge is 0.338 e. The van der Waals surface area contributed by atoms with E-state index in [2.05, 4.69) is 4.99 Å². The Morgan fingerprint density at radius 3 is 2.51 bits per heavy atom. The van der Waals surface area contributed by atoms with Gasteiger partial charge in [-0.05, 0) is 42.7 Å². The van der Waals surface area contributed by atoms with Gasteiger partial charge in [0.25, 0.3) is 5.56 Å². The first-order valence-corrected chi connectivity index (χ1v) is 12.3. The number of nitrogens with zero attached hydrogens (tertiary/aromatic N) is 2. The monoisotopic (exact) mass is 492 g/mol. The highest BCUT2D eigenvalue weighted by Gasteiger charge is 2.33. The number of carbonyl (C=O) groups excluding carboxylic acids is 1. The van der Waals surface area contributed by atoms with Gasteiger partial charge in [-0.25, -0.2) is 9.79 Å². The highest BCUT2D eigenvalue weighted by Crippen LogP contribution is 2.31. The van der Waals surface area contributed by atoms with E-state index in [-0.39, 0.29) is 18.8 Å². The molecule has 0 spiro atoms. The third-order valence-corrected chi connectivity index (χ3v) is 6.51. The number of methoxy groups -OCH3 is 1. The van der Waals surface area contributed by atoms with Crippen LogP contribution in [0.5, 0.6) is 5.75 Å². The molecule has 2 heterocycles. The van der Waals surface area contributed by atoms with Crippen molar-refractivity contribution in [2.24, 2.45) is 4.99 Å². The van der Waals surface area contributed by atoms with Crippen LogP contribution in [0.1, 0.15) is 37.4 Å². The summed E-state index contributed by atoms with van der Waals surface area (Å²) in [4.78, 5) is 31.9. The van der Waals surface area contributed by atoms with Crippen molar-refractivity contribution in [3.05, 3.63) is 96.7 Å². The molecule has 7 nitrogen and oxygen atoms in total. The number of aromatic nitrogens is 1. The van der Waals surface area contributed by atoms with Crippen LogP contribution in [0.2, 0.25) is 0 Å². The summed E-state index contributed by atoms with van der Waals surface area (Å²) in [5.41, 5.74) is 2.35. The first kappa shape index (κ1) is 24.6. The molecule has 0 bridgehead atoms. The van der Waals surface area contributed by atoms with Crippen molar-refractivity contribution in [2.75, 3.05) is 26.9 Å². The van der Waals surface area contributed by atoms with Crippen molar-refractivity contribution in [3.8, 4) is 5.75 Å². The van der Waals surface area contributed by atoms with Crippen molar-refractivity contribution in [2.45, 2.75) is 26.3 Å². The number of hydrogen-bond donors (Lipinski definition) is 0. The number of allylic oxidation sites excluding steroid dienone is 1. The Morgan fingerprint density at radius 1 is 1.09 bits per heavy atom. The van der Waals surface area contributed by atoms with Gasteiger partial charge in [0.15, 0.2) is 4.80 Å². The van der Waals surface area contributed by atoms with E-state index >= 15 is 0 Å². The van der Waals surface area contributed by atoms with E-state index in [1.165, 1.54) is 11.3 Å². The summed E-state index contributed by atoms with van der Waals surface area (Å²) in [6.45, 7) is 4.82. The zero-order chi connectivity index (χ0) is 24.8. The van der Waals surface area contributed by atoms with Crippen molar-refractivity contribution < 1.29 is 19.0 Å². The van der Waals surface area contributed by atoms with Crippen molar-refractivity contribution in [1.29, 1.82) is 0 Å². The molecule has 1 unspecified atom stereocenters. The normalized spacial score (nSPS) is 15.5. The lowest BCUT2D eigenvalue weighted by molar-refractivity contribution is -0.140. The lowest BCUT2D eigenvalue weighted by atomic mass is 9.96.